The molecule has 1 aliphatic heterocycles. The average molecular weight is 393 g/mol. The second-order valence-corrected chi connectivity index (χ2v) is 10.7. The molecule has 0 amide bonds. The summed E-state index contributed by atoms with van der Waals surface area (Å²) in [5.74, 6) is 0.0363. The smallest absolute Gasteiger partial charge is 0.308 e. The highest BCUT2D eigenvalue weighted by atomic mass is 17.2. The Labute approximate surface area is 171 Å². The molecule has 0 bridgehead atoms. The second kappa shape index (κ2) is 7.75. The highest BCUT2D eigenvalue weighted by Crippen LogP contribution is 2.63. The van der Waals surface area contributed by atoms with Crippen LogP contribution in [0.4, 0.5) is 0 Å². The van der Waals surface area contributed by atoms with Crippen LogP contribution in [0.5, 0.6) is 0 Å². The molecular formula is C24H40O4. The molecule has 0 aromatic rings. The Morgan fingerprint density at radius 1 is 1.21 bits per heavy atom. The van der Waals surface area contributed by atoms with Gasteiger partial charge >= 0.3 is 5.97 Å². The topological polar surface area (TPSA) is 55.8 Å². The van der Waals surface area contributed by atoms with Crippen molar-refractivity contribution >= 4 is 5.97 Å². The van der Waals surface area contributed by atoms with Crippen molar-refractivity contribution in [3.8, 4) is 0 Å². The molecule has 0 aromatic carbocycles. The Morgan fingerprint density at radius 3 is 2.54 bits per heavy atom. The summed E-state index contributed by atoms with van der Waals surface area (Å²) < 4.78 is 0. The molecule has 4 heteroatoms. The molecule has 2 saturated carbocycles. The monoisotopic (exact) mass is 392 g/mol. The minimum atomic E-state index is -0.822. The SMILES string of the molecule is C=C1CCC[C@H]2[C@](C)(CC[C@]3(C)CC[C@H]([C@H](C)C(=O)O)OO3)[C@@H](C)CC[C@]12C. The quantitative estimate of drug-likeness (QED) is 0.450. The lowest BCUT2D eigenvalue weighted by molar-refractivity contribution is -0.412. The summed E-state index contributed by atoms with van der Waals surface area (Å²) in [4.78, 5) is 22.6. The lowest BCUT2D eigenvalue weighted by Gasteiger charge is -2.59. The van der Waals surface area contributed by atoms with E-state index < -0.39 is 11.9 Å². The third-order valence-corrected chi connectivity index (χ3v) is 9.04. The molecule has 2 aliphatic carbocycles. The van der Waals surface area contributed by atoms with Gasteiger partial charge in [-0.15, -0.1) is 0 Å². The van der Waals surface area contributed by atoms with Crippen LogP contribution in [0.2, 0.25) is 0 Å². The van der Waals surface area contributed by atoms with Gasteiger partial charge in [-0.1, -0.05) is 32.9 Å². The molecule has 160 valence electrons. The number of hydrogen-bond acceptors (Lipinski definition) is 3. The van der Waals surface area contributed by atoms with E-state index in [1.807, 2.05) is 0 Å². The first-order chi connectivity index (χ1) is 13.0. The van der Waals surface area contributed by atoms with E-state index in [2.05, 4.69) is 34.3 Å². The number of carboxylic acid groups (broad SMARTS) is 1. The van der Waals surface area contributed by atoms with E-state index in [0.29, 0.717) is 11.8 Å². The first-order valence-corrected chi connectivity index (χ1v) is 11.3. The number of rotatable bonds is 5. The predicted molar refractivity (Wildman–Crippen MR) is 111 cm³/mol. The van der Waals surface area contributed by atoms with Crippen molar-refractivity contribution < 1.29 is 19.7 Å². The van der Waals surface area contributed by atoms with Crippen molar-refractivity contribution in [3.63, 3.8) is 0 Å². The summed E-state index contributed by atoms with van der Waals surface area (Å²) in [6.45, 7) is 15.7. The highest BCUT2D eigenvalue weighted by molar-refractivity contribution is 5.70. The van der Waals surface area contributed by atoms with Gasteiger partial charge in [0.15, 0.2) is 0 Å². The van der Waals surface area contributed by atoms with Crippen LogP contribution in [0.3, 0.4) is 0 Å². The largest absolute Gasteiger partial charge is 0.481 e. The number of carbonyl (C=O) groups is 1. The molecule has 3 fully saturated rings. The summed E-state index contributed by atoms with van der Waals surface area (Å²) in [6.07, 6.45) is 9.66. The van der Waals surface area contributed by atoms with E-state index in [-0.39, 0.29) is 22.5 Å². The lowest BCUT2D eigenvalue weighted by atomic mass is 9.46. The standard InChI is InChI=1S/C24H40O4/c1-16-8-7-9-20-23(16,5)13-10-17(2)24(20,6)15-14-22(4)12-11-19(27-28-22)18(3)21(25)26/h17-20H,1,7-15H2,2-6H3,(H,25,26)/t17-,18-,19+,20+,22-,23+,24+/m0/s1. The van der Waals surface area contributed by atoms with Crippen LogP contribution in [0.1, 0.15) is 92.4 Å². The summed E-state index contributed by atoms with van der Waals surface area (Å²) >= 11 is 0. The lowest BCUT2D eigenvalue weighted by Crippen LogP contribution is -2.51. The van der Waals surface area contributed by atoms with Crippen molar-refractivity contribution in [3.05, 3.63) is 12.2 Å². The van der Waals surface area contributed by atoms with Gasteiger partial charge in [-0.3, -0.25) is 4.79 Å². The second-order valence-electron chi connectivity index (χ2n) is 10.7. The van der Waals surface area contributed by atoms with Gasteiger partial charge in [-0.05, 0) is 94.3 Å². The zero-order chi connectivity index (χ0) is 20.7. The molecule has 0 aromatic heterocycles. The molecule has 1 N–H and O–H groups in total. The molecule has 3 aliphatic rings. The highest BCUT2D eigenvalue weighted by Gasteiger charge is 2.54. The van der Waals surface area contributed by atoms with Crippen molar-refractivity contribution in [2.45, 2.75) is 104 Å². The minimum absolute atomic E-state index is 0.284. The van der Waals surface area contributed by atoms with Crippen molar-refractivity contribution in [2.24, 2.45) is 28.6 Å². The molecule has 0 spiro atoms. The van der Waals surface area contributed by atoms with Gasteiger partial charge in [0.1, 0.15) is 11.7 Å². The maximum atomic E-state index is 11.2. The minimum Gasteiger partial charge on any atom is -0.481 e. The zero-order valence-electron chi connectivity index (χ0n) is 18.6. The molecule has 0 radical (unpaired) electrons. The first-order valence-electron chi connectivity index (χ1n) is 11.3. The number of carboxylic acids is 1. The van der Waals surface area contributed by atoms with Crippen LogP contribution in [0.15, 0.2) is 12.2 Å². The predicted octanol–water partition coefficient (Wildman–Crippen LogP) is 6.16. The van der Waals surface area contributed by atoms with Crippen molar-refractivity contribution in [2.75, 3.05) is 0 Å². The van der Waals surface area contributed by atoms with Gasteiger partial charge in [0.05, 0.1) is 5.92 Å². The van der Waals surface area contributed by atoms with Gasteiger partial charge in [0, 0.05) is 0 Å². The Bertz CT molecular complexity index is 606. The van der Waals surface area contributed by atoms with E-state index >= 15 is 0 Å². The molecule has 4 nitrogen and oxygen atoms in total. The van der Waals surface area contributed by atoms with Gasteiger partial charge in [-0.2, -0.15) is 0 Å². The van der Waals surface area contributed by atoms with Crippen LogP contribution < -0.4 is 0 Å². The van der Waals surface area contributed by atoms with Gasteiger partial charge < -0.3 is 5.11 Å². The fourth-order valence-corrected chi connectivity index (χ4v) is 6.30. The Morgan fingerprint density at radius 2 is 1.93 bits per heavy atom. The van der Waals surface area contributed by atoms with Gasteiger partial charge in [-0.25, -0.2) is 9.78 Å². The molecular weight excluding hydrogens is 352 g/mol. The Kier molecular flexibility index (Phi) is 6.05. The normalized spacial score (nSPS) is 45.3. The number of fused-ring (bicyclic) bond motifs is 1. The van der Waals surface area contributed by atoms with Crippen LogP contribution >= 0.6 is 0 Å². The number of hydrogen-bond donors (Lipinski definition) is 1. The molecule has 1 heterocycles. The molecule has 28 heavy (non-hydrogen) atoms. The average Bonchev–Trinajstić information content (AvgIpc) is 2.66. The summed E-state index contributed by atoms with van der Waals surface area (Å²) in [5, 5.41) is 9.21. The fraction of sp³-hybridized carbons (Fsp3) is 0.875. The third-order valence-electron chi connectivity index (χ3n) is 9.04. The fourth-order valence-electron chi connectivity index (χ4n) is 6.30. The number of aliphatic carboxylic acids is 1. The molecule has 7 atom stereocenters. The summed E-state index contributed by atoms with van der Waals surface area (Å²) in [7, 11) is 0. The molecule has 0 unspecified atom stereocenters. The van der Waals surface area contributed by atoms with E-state index in [9.17, 15) is 9.90 Å². The van der Waals surface area contributed by atoms with Crippen LogP contribution in [0.25, 0.3) is 0 Å². The van der Waals surface area contributed by atoms with Crippen LogP contribution in [-0.4, -0.2) is 22.8 Å². The van der Waals surface area contributed by atoms with Crippen LogP contribution in [0, 0.1) is 28.6 Å². The molecule has 1 saturated heterocycles. The Hall–Kier alpha value is -0.870. The maximum absolute atomic E-state index is 11.2. The van der Waals surface area contributed by atoms with E-state index in [0.717, 1.165) is 25.7 Å². The maximum Gasteiger partial charge on any atom is 0.308 e. The van der Waals surface area contributed by atoms with Crippen molar-refractivity contribution in [1.29, 1.82) is 0 Å². The van der Waals surface area contributed by atoms with Gasteiger partial charge in [0.25, 0.3) is 0 Å². The van der Waals surface area contributed by atoms with Crippen molar-refractivity contribution in [1.82, 2.24) is 0 Å². The third kappa shape index (κ3) is 3.79. The number of allylic oxidation sites excluding steroid dienone is 1. The summed E-state index contributed by atoms with van der Waals surface area (Å²) in [6, 6.07) is 0. The zero-order valence-corrected chi connectivity index (χ0v) is 18.6. The van der Waals surface area contributed by atoms with Crippen LogP contribution in [-0.2, 0) is 14.6 Å². The summed E-state index contributed by atoms with van der Waals surface area (Å²) in [5.41, 5.74) is 1.72. The first kappa shape index (κ1) is 21.8. The van der Waals surface area contributed by atoms with Gasteiger partial charge in [0.2, 0.25) is 0 Å². The van der Waals surface area contributed by atoms with E-state index in [1.54, 1.807) is 6.92 Å². The van der Waals surface area contributed by atoms with E-state index in [1.165, 1.54) is 37.7 Å². The van der Waals surface area contributed by atoms with E-state index in [4.69, 9.17) is 9.78 Å². The Balaban J connectivity index is 1.67. The molecule has 3 rings (SSSR count).